The minimum Gasteiger partial charge on any atom is -0.444 e. The number of halogens is 1. The molecule has 2 aromatic carbocycles. The quantitative estimate of drug-likeness (QED) is 0.549. The third kappa shape index (κ3) is 5.67. The van der Waals surface area contributed by atoms with Crippen LogP contribution in [0.15, 0.2) is 42.5 Å². The van der Waals surface area contributed by atoms with Crippen LogP contribution in [0.5, 0.6) is 0 Å². The van der Waals surface area contributed by atoms with E-state index in [1.54, 1.807) is 4.90 Å². The highest BCUT2D eigenvalue weighted by Gasteiger charge is 2.41. The van der Waals surface area contributed by atoms with Crippen LogP contribution in [-0.4, -0.2) is 50.5 Å². The number of aromatic nitrogens is 3. The van der Waals surface area contributed by atoms with E-state index in [0.717, 1.165) is 28.6 Å². The first-order valence-electron chi connectivity index (χ1n) is 11.4. The molecule has 3 aromatic rings. The number of fused-ring (bicyclic) bond motifs is 1. The highest BCUT2D eigenvalue weighted by atomic mass is 35.5. The lowest BCUT2D eigenvalue weighted by molar-refractivity contribution is -0.126. The van der Waals surface area contributed by atoms with Crippen molar-refractivity contribution in [1.29, 1.82) is 0 Å². The number of amides is 2. The number of nitrogens with one attached hydrogen (secondary N) is 2. The van der Waals surface area contributed by atoms with E-state index in [9.17, 15) is 9.59 Å². The molecule has 0 spiro atoms. The largest absolute Gasteiger partial charge is 0.444 e. The Hall–Kier alpha value is -3.13. The maximum atomic E-state index is 13.4. The van der Waals surface area contributed by atoms with E-state index < -0.39 is 17.7 Å². The van der Waals surface area contributed by atoms with E-state index >= 15 is 0 Å². The van der Waals surface area contributed by atoms with Gasteiger partial charge in [0.25, 0.3) is 0 Å². The monoisotopic (exact) mass is 483 g/mol. The van der Waals surface area contributed by atoms with Crippen molar-refractivity contribution in [2.24, 2.45) is 5.92 Å². The molecule has 1 fully saturated rings. The van der Waals surface area contributed by atoms with Gasteiger partial charge in [-0.05, 0) is 81.8 Å². The fraction of sp³-hybridized carbons (Fsp3) is 0.440. The van der Waals surface area contributed by atoms with Gasteiger partial charge in [-0.15, -0.1) is 0 Å². The number of ether oxygens (including phenoxy) is 1. The molecule has 1 unspecified atom stereocenters. The summed E-state index contributed by atoms with van der Waals surface area (Å²) >= 11 is 6.15. The van der Waals surface area contributed by atoms with Crippen LogP contribution in [0.4, 0.5) is 4.79 Å². The molecular weight excluding hydrogens is 454 g/mol. The Balaban J connectivity index is 1.50. The fourth-order valence-corrected chi connectivity index (χ4v) is 4.57. The molecule has 0 aliphatic carbocycles. The molecule has 1 saturated heterocycles. The van der Waals surface area contributed by atoms with E-state index in [0.29, 0.717) is 18.0 Å². The van der Waals surface area contributed by atoms with Crippen LogP contribution in [0, 0.1) is 5.92 Å². The predicted molar refractivity (Wildman–Crippen MR) is 130 cm³/mol. The van der Waals surface area contributed by atoms with E-state index in [1.165, 1.54) is 0 Å². The molecule has 8 nitrogen and oxygen atoms in total. The Kier molecular flexibility index (Phi) is 6.79. The first-order chi connectivity index (χ1) is 16.1. The van der Waals surface area contributed by atoms with Crippen molar-refractivity contribution >= 4 is 34.6 Å². The van der Waals surface area contributed by atoms with E-state index in [4.69, 9.17) is 16.3 Å². The van der Waals surface area contributed by atoms with Gasteiger partial charge in [-0.2, -0.15) is 15.4 Å². The smallest absolute Gasteiger partial charge is 0.410 e. The summed E-state index contributed by atoms with van der Waals surface area (Å²) in [5, 5.41) is 14.5. The van der Waals surface area contributed by atoms with Crippen molar-refractivity contribution in [3.05, 3.63) is 58.6 Å². The highest BCUT2D eigenvalue weighted by Crippen LogP contribution is 2.30. The Morgan fingerprint density at radius 1 is 1.21 bits per heavy atom. The zero-order valence-corrected chi connectivity index (χ0v) is 20.6. The second kappa shape index (κ2) is 9.62. The number of aromatic amines is 1. The molecule has 1 aliphatic heterocycles. The van der Waals surface area contributed by atoms with Gasteiger partial charge in [-0.3, -0.25) is 9.69 Å². The number of benzene rings is 2. The number of hydrogen-bond donors (Lipinski definition) is 2. The van der Waals surface area contributed by atoms with E-state index in [2.05, 4.69) is 20.7 Å². The third-order valence-corrected chi connectivity index (χ3v) is 6.17. The summed E-state index contributed by atoms with van der Waals surface area (Å²) in [6, 6.07) is 12.5. The number of likely N-dealkylation sites (tertiary alicyclic amines) is 1. The maximum absolute atomic E-state index is 13.4. The first-order valence-corrected chi connectivity index (χ1v) is 11.8. The summed E-state index contributed by atoms with van der Waals surface area (Å²) in [5.41, 5.74) is 2.84. The van der Waals surface area contributed by atoms with Crippen LogP contribution in [0.3, 0.4) is 0 Å². The van der Waals surface area contributed by atoms with Gasteiger partial charge in [-0.25, -0.2) is 4.79 Å². The molecule has 2 N–H and O–H groups in total. The number of nitrogens with zero attached hydrogens (tertiary/aromatic N) is 3. The minimum absolute atomic E-state index is 0.114. The SMILES string of the molecule is CC(NC(=O)[C@@H]1C[C@H](Cc2cccc(Cl)c2)CN1C(=O)OC(C)(C)C)c1ccc2n[nH]nc2c1. The van der Waals surface area contributed by atoms with Crippen LogP contribution in [0.25, 0.3) is 11.0 Å². The second-order valence-electron chi connectivity index (χ2n) is 9.89. The average molecular weight is 484 g/mol. The number of H-pyrrole nitrogens is 1. The molecule has 0 saturated carbocycles. The van der Waals surface area contributed by atoms with Gasteiger partial charge in [0.15, 0.2) is 0 Å². The normalized spacial score (nSPS) is 19.3. The molecule has 180 valence electrons. The zero-order valence-electron chi connectivity index (χ0n) is 19.8. The summed E-state index contributed by atoms with van der Waals surface area (Å²) in [5.74, 6) is -0.0873. The molecule has 0 bridgehead atoms. The molecule has 0 radical (unpaired) electrons. The molecular formula is C25H30ClN5O3. The van der Waals surface area contributed by atoms with Gasteiger partial charge in [0.1, 0.15) is 22.7 Å². The zero-order chi connectivity index (χ0) is 24.5. The van der Waals surface area contributed by atoms with Crippen LogP contribution >= 0.6 is 11.6 Å². The number of carbonyl (C=O) groups is 2. The Morgan fingerprint density at radius 2 is 1.97 bits per heavy atom. The standard InChI is InChI=1S/C25H30ClN5O3/c1-15(18-8-9-20-21(13-18)29-30-28-20)27-23(32)22-12-17(10-16-6-5-7-19(26)11-16)14-31(22)24(33)34-25(2,3)4/h5-9,11,13,15,17,22H,10,12,14H2,1-4H3,(H,27,32)(H,28,29,30)/t15?,17-,22-/m0/s1. The van der Waals surface area contributed by atoms with Crippen LogP contribution in [-0.2, 0) is 16.0 Å². The molecule has 1 aromatic heterocycles. The molecule has 1 aliphatic rings. The third-order valence-electron chi connectivity index (χ3n) is 5.93. The average Bonchev–Trinajstić information content (AvgIpc) is 3.39. The second-order valence-corrected chi connectivity index (χ2v) is 10.3. The Labute approximate surface area is 204 Å². The summed E-state index contributed by atoms with van der Waals surface area (Å²) in [7, 11) is 0. The molecule has 2 heterocycles. The summed E-state index contributed by atoms with van der Waals surface area (Å²) < 4.78 is 5.62. The van der Waals surface area contributed by atoms with Crippen molar-refractivity contribution in [3.8, 4) is 0 Å². The van der Waals surface area contributed by atoms with Gasteiger partial charge in [0, 0.05) is 11.6 Å². The van der Waals surface area contributed by atoms with Crippen molar-refractivity contribution < 1.29 is 14.3 Å². The number of carbonyl (C=O) groups excluding carboxylic acids is 2. The van der Waals surface area contributed by atoms with E-state index in [1.807, 2.05) is 70.2 Å². The van der Waals surface area contributed by atoms with Gasteiger partial charge < -0.3 is 10.1 Å². The van der Waals surface area contributed by atoms with E-state index in [-0.39, 0.29) is 17.9 Å². The number of hydrogen-bond acceptors (Lipinski definition) is 5. The van der Waals surface area contributed by atoms with Crippen molar-refractivity contribution in [2.45, 2.75) is 58.2 Å². The lowest BCUT2D eigenvalue weighted by Gasteiger charge is -2.28. The van der Waals surface area contributed by atoms with Crippen molar-refractivity contribution in [3.63, 3.8) is 0 Å². The topological polar surface area (TPSA) is 100 Å². The van der Waals surface area contributed by atoms with Crippen LogP contribution in [0.1, 0.15) is 51.3 Å². The molecule has 4 rings (SSSR count). The summed E-state index contributed by atoms with van der Waals surface area (Å²) in [4.78, 5) is 27.9. The molecule has 2 amide bonds. The lowest BCUT2D eigenvalue weighted by Crippen LogP contribution is -2.48. The molecule has 34 heavy (non-hydrogen) atoms. The molecule has 3 atom stereocenters. The lowest BCUT2D eigenvalue weighted by atomic mass is 9.96. The first kappa shape index (κ1) is 24.0. The van der Waals surface area contributed by atoms with Crippen molar-refractivity contribution in [1.82, 2.24) is 25.6 Å². The summed E-state index contributed by atoms with van der Waals surface area (Å²) in [6.07, 6.45) is 0.798. The summed E-state index contributed by atoms with van der Waals surface area (Å²) in [6.45, 7) is 7.82. The highest BCUT2D eigenvalue weighted by molar-refractivity contribution is 6.30. The van der Waals surface area contributed by atoms with Gasteiger partial charge in [-0.1, -0.05) is 29.8 Å². The minimum atomic E-state index is -0.649. The predicted octanol–water partition coefficient (Wildman–Crippen LogP) is 4.66. The van der Waals surface area contributed by atoms with Gasteiger partial charge >= 0.3 is 6.09 Å². The maximum Gasteiger partial charge on any atom is 0.410 e. The number of rotatable bonds is 5. The Morgan fingerprint density at radius 3 is 2.71 bits per heavy atom. The van der Waals surface area contributed by atoms with Gasteiger partial charge in [0.2, 0.25) is 5.91 Å². The van der Waals surface area contributed by atoms with Crippen LogP contribution in [0.2, 0.25) is 5.02 Å². The molecule has 9 heteroatoms. The van der Waals surface area contributed by atoms with Crippen molar-refractivity contribution in [2.75, 3.05) is 6.54 Å². The fourth-order valence-electron chi connectivity index (χ4n) is 4.36. The van der Waals surface area contributed by atoms with Gasteiger partial charge in [0.05, 0.1) is 6.04 Å². The van der Waals surface area contributed by atoms with Crippen LogP contribution < -0.4 is 5.32 Å². The Bertz CT molecular complexity index is 1190.